The summed E-state index contributed by atoms with van der Waals surface area (Å²) in [5.41, 5.74) is 5.40. The number of anilines is 1. The minimum Gasteiger partial charge on any atom is -0.463 e. The van der Waals surface area contributed by atoms with Crippen molar-refractivity contribution in [1.29, 1.82) is 0 Å². The van der Waals surface area contributed by atoms with Crippen LogP contribution < -0.4 is 16.0 Å². The van der Waals surface area contributed by atoms with Gasteiger partial charge in [-0.05, 0) is 44.0 Å². The van der Waals surface area contributed by atoms with E-state index in [4.69, 9.17) is 4.74 Å². The van der Waals surface area contributed by atoms with E-state index in [0.29, 0.717) is 11.3 Å². The normalized spacial score (nSPS) is 15.8. The number of ether oxygens (including phenoxy) is 1. The number of para-hydroxylation sites is 1. The van der Waals surface area contributed by atoms with Gasteiger partial charge in [0, 0.05) is 11.6 Å². The van der Waals surface area contributed by atoms with Crippen molar-refractivity contribution in [2.75, 3.05) is 18.5 Å². The van der Waals surface area contributed by atoms with Crippen LogP contribution in [0.3, 0.4) is 0 Å². The van der Waals surface area contributed by atoms with Crippen molar-refractivity contribution < 1.29 is 14.3 Å². The molecular formula is C25H26N4O3. The highest BCUT2D eigenvalue weighted by Gasteiger charge is 2.34. The fourth-order valence-electron chi connectivity index (χ4n) is 3.94. The van der Waals surface area contributed by atoms with Gasteiger partial charge in [-0.15, -0.1) is 0 Å². The lowest BCUT2D eigenvalue weighted by Crippen LogP contribution is -2.47. The summed E-state index contributed by atoms with van der Waals surface area (Å²) in [6, 6.07) is 14.7. The summed E-state index contributed by atoms with van der Waals surface area (Å²) >= 11 is 0. The van der Waals surface area contributed by atoms with Gasteiger partial charge in [-0.1, -0.05) is 42.0 Å². The van der Waals surface area contributed by atoms with Crippen LogP contribution in [0.15, 0.2) is 66.0 Å². The number of hydrogen-bond acceptors (Lipinski definition) is 5. The number of urea groups is 1. The van der Waals surface area contributed by atoms with E-state index < -0.39 is 12.0 Å². The van der Waals surface area contributed by atoms with E-state index in [9.17, 15) is 9.59 Å². The van der Waals surface area contributed by atoms with Crippen LogP contribution in [0, 0.1) is 13.8 Å². The molecule has 0 unspecified atom stereocenters. The molecule has 0 radical (unpaired) electrons. The number of nitrogens with zero attached hydrogens (tertiary/aromatic N) is 1. The maximum absolute atomic E-state index is 13.0. The number of carbonyl (C=O) groups is 2. The number of nitrogens with one attached hydrogen (secondary N) is 3. The fraction of sp³-hybridized carbons (Fsp3) is 0.240. The number of pyridine rings is 1. The third-order valence-corrected chi connectivity index (χ3v) is 5.48. The average molecular weight is 431 g/mol. The Morgan fingerprint density at radius 1 is 1.16 bits per heavy atom. The van der Waals surface area contributed by atoms with E-state index in [-0.39, 0.29) is 19.2 Å². The molecule has 32 heavy (non-hydrogen) atoms. The maximum Gasteiger partial charge on any atom is 0.338 e. The standard InChI is InChI=1S/C25H26N4O3/c1-4-32-24(30)21-20(14-27-19-9-5-7-17-8-6-12-26-22(17)19)28-25(31)29-23(21)18-13-15(2)10-11-16(18)3/h5-13,23,27H,4,14H2,1-3H3,(H2,28,29,31)/t23-/m0/s1. The summed E-state index contributed by atoms with van der Waals surface area (Å²) in [5.74, 6) is -0.459. The van der Waals surface area contributed by atoms with Crippen LogP contribution in [0.1, 0.15) is 29.7 Å². The average Bonchev–Trinajstić information content (AvgIpc) is 2.79. The number of aryl methyl sites for hydroxylation is 2. The van der Waals surface area contributed by atoms with Crippen molar-refractivity contribution in [3.05, 3.63) is 82.7 Å². The molecule has 1 aromatic heterocycles. The number of rotatable bonds is 6. The molecule has 1 aliphatic rings. The Labute approximate surface area is 186 Å². The minimum absolute atomic E-state index is 0.235. The summed E-state index contributed by atoms with van der Waals surface area (Å²) in [6.07, 6.45) is 1.74. The highest BCUT2D eigenvalue weighted by molar-refractivity contribution is 5.96. The molecule has 3 N–H and O–H groups in total. The van der Waals surface area contributed by atoms with Gasteiger partial charge in [0.1, 0.15) is 0 Å². The molecule has 164 valence electrons. The summed E-state index contributed by atoms with van der Waals surface area (Å²) < 4.78 is 5.36. The van der Waals surface area contributed by atoms with Crippen LogP contribution in [0.2, 0.25) is 0 Å². The van der Waals surface area contributed by atoms with Gasteiger partial charge in [-0.2, -0.15) is 0 Å². The van der Waals surface area contributed by atoms with Crippen molar-refractivity contribution >= 4 is 28.6 Å². The van der Waals surface area contributed by atoms with Crippen LogP contribution >= 0.6 is 0 Å². The van der Waals surface area contributed by atoms with E-state index in [1.54, 1.807) is 13.1 Å². The topological polar surface area (TPSA) is 92.3 Å². The predicted octanol–water partition coefficient (Wildman–Crippen LogP) is 4.13. The first-order chi connectivity index (χ1) is 15.5. The molecule has 0 bridgehead atoms. The molecule has 4 rings (SSSR count). The van der Waals surface area contributed by atoms with Crippen molar-refractivity contribution in [2.24, 2.45) is 0 Å². The Kier molecular flexibility index (Phi) is 6.07. The Hall–Kier alpha value is -3.87. The molecule has 0 aliphatic carbocycles. The van der Waals surface area contributed by atoms with Crippen molar-refractivity contribution in [2.45, 2.75) is 26.8 Å². The molecule has 2 heterocycles. The first-order valence-corrected chi connectivity index (χ1v) is 10.6. The fourth-order valence-corrected chi connectivity index (χ4v) is 3.94. The lowest BCUT2D eigenvalue weighted by Gasteiger charge is -2.30. The third-order valence-electron chi connectivity index (χ3n) is 5.48. The van der Waals surface area contributed by atoms with E-state index in [2.05, 4.69) is 20.9 Å². The van der Waals surface area contributed by atoms with Crippen molar-refractivity contribution in [1.82, 2.24) is 15.6 Å². The number of aromatic nitrogens is 1. The molecule has 1 aliphatic heterocycles. The van der Waals surface area contributed by atoms with Gasteiger partial charge in [0.15, 0.2) is 0 Å². The third kappa shape index (κ3) is 4.27. The van der Waals surface area contributed by atoms with E-state index in [1.807, 2.05) is 62.4 Å². The van der Waals surface area contributed by atoms with Crippen LogP contribution in [0.5, 0.6) is 0 Å². The minimum atomic E-state index is -0.606. The predicted molar refractivity (Wildman–Crippen MR) is 124 cm³/mol. The highest BCUT2D eigenvalue weighted by Crippen LogP contribution is 2.31. The second-order valence-electron chi connectivity index (χ2n) is 7.74. The molecule has 0 spiro atoms. The lowest BCUT2D eigenvalue weighted by molar-refractivity contribution is -0.139. The van der Waals surface area contributed by atoms with Crippen LogP contribution in [-0.2, 0) is 9.53 Å². The van der Waals surface area contributed by atoms with Gasteiger partial charge in [0.25, 0.3) is 0 Å². The first kappa shape index (κ1) is 21.4. The SMILES string of the molecule is CCOC(=O)C1=C(CNc2cccc3cccnc23)NC(=O)N[C@H]1c1cc(C)ccc1C. The number of carbonyl (C=O) groups excluding carboxylic acids is 2. The molecule has 3 aromatic rings. The molecule has 0 fully saturated rings. The molecular weight excluding hydrogens is 404 g/mol. The largest absolute Gasteiger partial charge is 0.463 e. The summed E-state index contributed by atoms with van der Waals surface area (Å²) in [4.78, 5) is 30.0. The second kappa shape index (κ2) is 9.09. The van der Waals surface area contributed by atoms with Gasteiger partial charge in [-0.3, -0.25) is 4.98 Å². The monoisotopic (exact) mass is 430 g/mol. The Morgan fingerprint density at radius 2 is 1.97 bits per heavy atom. The zero-order chi connectivity index (χ0) is 22.7. The van der Waals surface area contributed by atoms with Crippen LogP contribution in [0.25, 0.3) is 10.9 Å². The highest BCUT2D eigenvalue weighted by atomic mass is 16.5. The lowest BCUT2D eigenvalue weighted by atomic mass is 9.91. The van der Waals surface area contributed by atoms with Crippen LogP contribution in [-0.4, -0.2) is 30.1 Å². The summed E-state index contributed by atoms with van der Waals surface area (Å²) in [5, 5.41) is 10.0. The zero-order valence-corrected chi connectivity index (χ0v) is 18.4. The van der Waals surface area contributed by atoms with Gasteiger partial charge in [0.2, 0.25) is 0 Å². The number of hydrogen-bond donors (Lipinski definition) is 3. The Bertz CT molecular complexity index is 1210. The number of amides is 2. The summed E-state index contributed by atoms with van der Waals surface area (Å²) in [7, 11) is 0. The number of benzene rings is 2. The van der Waals surface area contributed by atoms with E-state index in [0.717, 1.165) is 33.3 Å². The number of esters is 1. The molecule has 0 saturated heterocycles. The van der Waals surface area contributed by atoms with Crippen molar-refractivity contribution in [3.63, 3.8) is 0 Å². The maximum atomic E-state index is 13.0. The quantitative estimate of drug-likeness (QED) is 0.511. The molecule has 2 amide bonds. The first-order valence-electron chi connectivity index (χ1n) is 10.6. The second-order valence-corrected chi connectivity index (χ2v) is 7.74. The molecule has 2 aromatic carbocycles. The molecule has 7 nitrogen and oxygen atoms in total. The number of fused-ring (bicyclic) bond motifs is 1. The Balaban J connectivity index is 1.75. The molecule has 0 saturated carbocycles. The van der Waals surface area contributed by atoms with Gasteiger partial charge in [0.05, 0.1) is 41.7 Å². The van der Waals surface area contributed by atoms with Crippen LogP contribution in [0.4, 0.5) is 10.5 Å². The van der Waals surface area contributed by atoms with Gasteiger partial charge in [-0.25, -0.2) is 9.59 Å². The Morgan fingerprint density at radius 3 is 2.78 bits per heavy atom. The van der Waals surface area contributed by atoms with E-state index >= 15 is 0 Å². The molecule has 1 atom stereocenters. The molecule has 7 heteroatoms. The van der Waals surface area contributed by atoms with Gasteiger partial charge < -0.3 is 20.7 Å². The van der Waals surface area contributed by atoms with Gasteiger partial charge >= 0.3 is 12.0 Å². The van der Waals surface area contributed by atoms with E-state index in [1.165, 1.54) is 0 Å². The van der Waals surface area contributed by atoms with Crippen molar-refractivity contribution in [3.8, 4) is 0 Å². The summed E-state index contributed by atoms with van der Waals surface area (Å²) in [6.45, 7) is 6.18. The smallest absolute Gasteiger partial charge is 0.338 e. The zero-order valence-electron chi connectivity index (χ0n) is 18.4.